The van der Waals surface area contributed by atoms with Gasteiger partial charge in [-0.2, -0.15) is 0 Å². The van der Waals surface area contributed by atoms with Crippen molar-refractivity contribution in [2.45, 2.75) is 95.6 Å². The van der Waals surface area contributed by atoms with E-state index in [0.717, 1.165) is 18.7 Å². The van der Waals surface area contributed by atoms with Gasteiger partial charge in [0.05, 0.1) is 5.25 Å². The molecular formula is C18H35NOS. The third-order valence-corrected chi connectivity index (χ3v) is 5.62. The first-order valence-electron chi connectivity index (χ1n) is 9.24. The van der Waals surface area contributed by atoms with E-state index in [1.807, 2.05) is 11.8 Å². The van der Waals surface area contributed by atoms with Gasteiger partial charge >= 0.3 is 0 Å². The van der Waals surface area contributed by atoms with Crippen LogP contribution in [0.4, 0.5) is 0 Å². The van der Waals surface area contributed by atoms with Gasteiger partial charge in [-0.15, -0.1) is 11.8 Å². The van der Waals surface area contributed by atoms with E-state index in [0.29, 0.717) is 0 Å². The highest BCUT2D eigenvalue weighted by Gasteiger charge is 2.21. The smallest absolute Gasteiger partial charge is 0.233 e. The molecule has 124 valence electrons. The maximum absolute atomic E-state index is 11.6. The van der Waals surface area contributed by atoms with Gasteiger partial charge in [-0.05, 0) is 6.42 Å². The molecule has 1 unspecified atom stereocenters. The Bertz CT molecular complexity index is 258. The number of carbonyl (C=O) groups excluding carboxylic acids is 1. The second kappa shape index (κ2) is 13.5. The van der Waals surface area contributed by atoms with Crippen molar-refractivity contribution in [2.75, 3.05) is 12.3 Å². The Morgan fingerprint density at radius 2 is 1.43 bits per heavy atom. The molecule has 1 saturated heterocycles. The Morgan fingerprint density at radius 3 is 1.95 bits per heavy atom. The van der Waals surface area contributed by atoms with Gasteiger partial charge in [0.25, 0.3) is 0 Å². The molecule has 1 aliphatic rings. The van der Waals surface area contributed by atoms with Gasteiger partial charge in [-0.25, -0.2) is 0 Å². The molecule has 2 nitrogen and oxygen atoms in total. The van der Waals surface area contributed by atoms with Crippen molar-refractivity contribution >= 4 is 17.7 Å². The maximum atomic E-state index is 11.6. The van der Waals surface area contributed by atoms with Crippen LogP contribution in [-0.2, 0) is 4.79 Å². The molecule has 1 N–H and O–H groups in total. The van der Waals surface area contributed by atoms with Crippen LogP contribution in [0.5, 0.6) is 0 Å². The summed E-state index contributed by atoms with van der Waals surface area (Å²) in [5.41, 5.74) is 0. The molecule has 1 heterocycles. The summed E-state index contributed by atoms with van der Waals surface area (Å²) >= 11 is 1.84. The fourth-order valence-corrected chi connectivity index (χ4v) is 4.02. The molecule has 0 bridgehead atoms. The van der Waals surface area contributed by atoms with E-state index in [4.69, 9.17) is 0 Å². The summed E-state index contributed by atoms with van der Waals surface area (Å²) in [4.78, 5) is 11.6. The van der Waals surface area contributed by atoms with Gasteiger partial charge in [0.1, 0.15) is 0 Å². The average Bonchev–Trinajstić information content (AvgIpc) is 2.50. The number of carbonyl (C=O) groups is 1. The Balaban J connectivity index is 1.77. The van der Waals surface area contributed by atoms with E-state index in [-0.39, 0.29) is 11.2 Å². The zero-order valence-electron chi connectivity index (χ0n) is 14.0. The number of nitrogens with one attached hydrogen (secondary N) is 1. The van der Waals surface area contributed by atoms with Crippen molar-refractivity contribution in [1.82, 2.24) is 5.32 Å². The molecule has 0 aromatic rings. The Morgan fingerprint density at radius 1 is 0.905 bits per heavy atom. The number of thioether (sulfide) groups is 1. The first kappa shape index (κ1) is 18.9. The van der Waals surface area contributed by atoms with Gasteiger partial charge in [0.15, 0.2) is 0 Å². The molecule has 0 aliphatic carbocycles. The lowest BCUT2D eigenvalue weighted by Crippen LogP contribution is -2.39. The molecule has 0 spiro atoms. The first-order valence-corrected chi connectivity index (χ1v) is 10.3. The third kappa shape index (κ3) is 10.2. The lowest BCUT2D eigenvalue weighted by Gasteiger charge is -2.21. The topological polar surface area (TPSA) is 29.1 Å². The second-order valence-corrected chi connectivity index (χ2v) is 7.64. The molecule has 0 aromatic carbocycles. The summed E-state index contributed by atoms with van der Waals surface area (Å²) in [7, 11) is 0. The molecule has 3 heteroatoms. The summed E-state index contributed by atoms with van der Waals surface area (Å²) in [6.07, 6.45) is 17.7. The first-order chi connectivity index (χ1) is 10.3. The fraction of sp³-hybridized carbons (Fsp3) is 0.944. The molecular weight excluding hydrogens is 278 g/mol. The van der Waals surface area contributed by atoms with E-state index in [2.05, 4.69) is 12.2 Å². The van der Waals surface area contributed by atoms with E-state index < -0.39 is 0 Å². The minimum atomic E-state index is 0.238. The molecule has 1 rings (SSSR count). The highest BCUT2D eigenvalue weighted by molar-refractivity contribution is 8.00. The van der Waals surface area contributed by atoms with Crippen LogP contribution in [0.15, 0.2) is 0 Å². The van der Waals surface area contributed by atoms with Crippen LogP contribution in [-0.4, -0.2) is 23.5 Å². The molecule has 1 atom stereocenters. The van der Waals surface area contributed by atoms with Crippen LogP contribution >= 0.6 is 11.8 Å². The zero-order chi connectivity index (χ0) is 15.2. The molecule has 1 amide bonds. The van der Waals surface area contributed by atoms with E-state index in [9.17, 15) is 4.79 Å². The number of hydrogen-bond donors (Lipinski definition) is 1. The van der Waals surface area contributed by atoms with Gasteiger partial charge in [-0.1, -0.05) is 84.0 Å². The lowest BCUT2D eigenvalue weighted by molar-refractivity contribution is -0.120. The van der Waals surface area contributed by atoms with Gasteiger partial charge in [0.2, 0.25) is 5.91 Å². The van der Waals surface area contributed by atoms with E-state index in [1.165, 1.54) is 77.0 Å². The highest BCUT2D eigenvalue weighted by Crippen LogP contribution is 2.21. The monoisotopic (exact) mass is 313 g/mol. The summed E-state index contributed by atoms with van der Waals surface area (Å²) in [6, 6.07) is 0. The third-order valence-electron chi connectivity index (χ3n) is 4.33. The van der Waals surface area contributed by atoms with Crippen LogP contribution in [0.25, 0.3) is 0 Å². The largest absolute Gasteiger partial charge is 0.354 e. The summed E-state index contributed by atoms with van der Waals surface area (Å²) in [5, 5.41) is 3.20. The Labute approximate surface area is 136 Å². The minimum absolute atomic E-state index is 0.238. The summed E-state index contributed by atoms with van der Waals surface area (Å²) in [5.74, 6) is 1.36. The van der Waals surface area contributed by atoms with Gasteiger partial charge in [-0.3, -0.25) is 4.79 Å². The SMILES string of the molecule is CCCCCCCCCCCCCCC1SCCNC1=O. The van der Waals surface area contributed by atoms with Crippen molar-refractivity contribution < 1.29 is 4.79 Å². The molecule has 0 radical (unpaired) electrons. The minimum Gasteiger partial charge on any atom is -0.354 e. The Kier molecular flexibility index (Phi) is 12.1. The highest BCUT2D eigenvalue weighted by atomic mass is 32.2. The van der Waals surface area contributed by atoms with Crippen LogP contribution in [0.1, 0.15) is 90.4 Å². The summed E-state index contributed by atoms with van der Waals surface area (Å²) < 4.78 is 0. The number of hydrogen-bond acceptors (Lipinski definition) is 2. The standard InChI is InChI=1S/C18H35NOS/c1-2-3-4-5-6-7-8-9-10-11-12-13-14-17-18(20)19-15-16-21-17/h17H,2-16H2,1H3,(H,19,20). The second-order valence-electron chi connectivity index (χ2n) is 6.33. The number of rotatable bonds is 13. The number of amides is 1. The van der Waals surface area contributed by atoms with Crippen LogP contribution in [0, 0.1) is 0 Å². The van der Waals surface area contributed by atoms with Crippen LogP contribution in [0.2, 0.25) is 0 Å². The predicted molar refractivity (Wildman–Crippen MR) is 95.0 cm³/mol. The average molecular weight is 314 g/mol. The van der Waals surface area contributed by atoms with Crippen molar-refractivity contribution in [3.63, 3.8) is 0 Å². The predicted octanol–water partition coefficient (Wildman–Crippen LogP) is 5.31. The van der Waals surface area contributed by atoms with E-state index >= 15 is 0 Å². The van der Waals surface area contributed by atoms with Crippen molar-refractivity contribution in [2.24, 2.45) is 0 Å². The fourth-order valence-electron chi connectivity index (χ4n) is 2.95. The van der Waals surface area contributed by atoms with E-state index in [1.54, 1.807) is 0 Å². The molecule has 1 aliphatic heterocycles. The molecule has 21 heavy (non-hydrogen) atoms. The van der Waals surface area contributed by atoms with Crippen LogP contribution in [0.3, 0.4) is 0 Å². The lowest BCUT2D eigenvalue weighted by atomic mass is 10.0. The van der Waals surface area contributed by atoms with Crippen molar-refractivity contribution in [3.8, 4) is 0 Å². The Hall–Kier alpha value is -0.180. The quantitative estimate of drug-likeness (QED) is 0.467. The summed E-state index contributed by atoms with van der Waals surface area (Å²) in [6.45, 7) is 3.14. The molecule has 0 aromatic heterocycles. The van der Waals surface area contributed by atoms with Gasteiger partial charge < -0.3 is 5.32 Å². The van der Waals surface area contributed by atoms with Crippen molar-refractivity contribution in [1.29, 1.82) is 0 Å². The maximum Gasteiger partial charge on any atom is 0.233 e. The van der Waals surface area contributed by atoms with Gasteiger partial charge in [0, 0.05) is 12.3 Å². The molecule has 1 fully saturated rings. The normalized spacial score (nSPS) is 18.7. The van der Waals surface area contributed by atoms with Crippen LogP contribution < -0.4 is 5.32 Å². The number of unbranched alkanes of at least 4 members (excludes halogenated alkanes) is 11. The van der Waals surface area contributed by atoms with Crippen molar-refractivity contribution in [3.05, 3.63) is 0 Å². The zero-order valence-corrected chi connectivity index (χ0v) is 14.8. The molecule has 0 saturated carbocycles.